The van der Waals surface area contributed by atoms with E-state index in [1.165, 1.54) is 42.7 Å². The highest BCUT2D eigenvalue weighted by Crippen LogP contribution is 2.32. The maximum Gasteiger partial charge on any atom is 0.232 e. The number of amides is 1. The van der Waals surface area contributed by atoms with E-state index in [0.717, 1.165) is 24.8 Å². The van der Waals surface area contributed by atoms with Crippen molar-refractivity contribution in [2.24, 2.45) is 5.92 Å². The molecule has 1 N–H and O–H groups in total. The van der Waals surface area contributed by atoms with Gasteiger partial charge in [-0.2, -0.15) is 0 Å². The second kappa shape index (κ2) is 7.77. The fraction of sp³-hybridized carbons (Fsp3) is 0.632. The van der Waals surface area contributed by atoms with Gasteiger partial charge < -0.3 is 5.32 Å². The molecule has 5 nitrogen and oxygen atoms in total. The molecule has 0 radical (unpaired) electrons. The minimum atomic E-state index is -3.29. The van der Waals surface area contributed by atoms with Crippen molar-refractivity contribution in [2.75, 3.05) is 22.4 Å². The molecule has 1 aromatic rings. The molecule has 6 heteroatoms. The van der Waals surface area contributed by atoms with Crippen molar-refractivity contribution in [1.82, 2.24) is 0 Å². The average Bonchev–Trinajstić information content (AvgIpc) is 2.59. The fourth-order valence-electron chi connectivity index (χ4n) is 4.00. The summed E-state index contributed by atoms with van der Waals surface area (Å²) in [4.78, 5) is 12.3. The summed E-state index contributed by atoms with van der Waals surface area (Å²) in [5.74, 6) is 0.705. The molecule has 1 heterocycles. The fourth-order valence-corrected chi connectivity index (χ4v) is 4.99. The third-order valence-corrected chi connectivity index (χ3v) is 6.53. The van der Waals surface area contributed by atoms with Crippen LogP contribution in [0.5, 0.6) is 0 Å². The molecule has 0 bridgehead atoms. The van der Waals surface area contributed by atoms with Gasteiger partial charge in [-0.3, -0.25) is 9.10 Å². The molecular formula is C19H28N2O3S. The van der Waals surface area contributed by atoms with Gasteiger partial charge in [-0.25, -0.2) is 8.42 Å². The van der Waals surface area contributed by atoms with Gasteiger partial charge in [0, 0.05) is 18.7 Å². The predicted molar refractivity (Wildman–Crippen MR) is 101 cm³/mol. The first-order valence-electron chi connectivity index (χ1n) is 9.34. The van der Waals surface area contributed by atoms with Crippen molar-refractivity contribution in [3.8, 4) is 0 Å². The highest BCUT2D eigenvalue weighted by Gasteiger charge is 2.24. The first-order valence-corrected chi connectivity index (χ1v) is 11.2. The summed E-state index contributed by atoms with van der Waals surface area (Å²) in [6, 6.07) is 5.61. The first-order chi connectivity index (χ1) is 11.9. The monoisotopic (exact) mass is 364 g/mol. The lowest BCUT2D eigenvalue weighted by Gasteiger charge is -2.29. The van der Waals surface area contributed by atoms with Gasteiger partial charge in [-0.1, -0.05) is 38.2 Å². The third-order valence-electron chi connectivity index (χ3n) is 5.35. The molecule has 1 aliphatic carbocycles. The Bertz CT molecular complexity index is 724. The van der Waals surface area contributed by atoms with Crippen LogP contribution in [0.15, 0.2) is 18.2 Å². The molecule has 138 valence electrons. The molecule has 1 amide bonds. The molecule has 0 aromatic heterocycles. The van der Waals surface area contributed by atoms with Crippen LogP contribution in [0.25, 0.3) is 0 Å². The Labute approximate surface area is 150 Å². The Morgan fingerprint density at radius 2 is 1.96 bits per heavy atom. The van der Waals surface area contributed by atoms with Gasteiger partial charge in [0.15, 0.2) is 0 Å². The molecule has 1 aliphatic heterocycles. The number of nitrogens with zero attached hydrogens (tertiary/aromatic N) is 1. The van der Waals surface area contributed by atoms with Gasteiger partial charge >= 0.3 is 0 Å². The van der Waals surface area contributed by atoms with Crippen molar-refractivity contribution < 1.29 is 13.2 Å². The van der Waals surface area contributed by atoms with Gasteiger partial charge in [0.1, 0.15) is 0 Å². The van der Waals surface area contributed by atoms with Crippen LogP contribution in [0.1, 0.15) is 56.9 Å². The number of benzene rings is 1. The van der Waals surface area contributed by atoms with Crippen LogP contribution in [0.3, 0.4) is 0 Å². The molecule has 1 saturated carbocycles. The maximum atomic E-state index is 12.3. The Morgan fingerprint density at radius 1 is 1.20 bits per heavy atom. The van der Waals surface area contributed by atoms with Gasteiger partial charge in [0.2, 0.25) is 15.9 Å². The number of fused-ring (bicyclic) bond motifs is 1. The Hall–Kier alpha value is -1.56. The van der Waals surface area contributed by atoms with Crippen molar-refractivity contribution in [3.63, 3.8) is 0 Å². The van der Waals surface area contributed by atoms with Crippen LogP contribution < -0.4 is 9.62 Å². The number of hydrogen-bond donors (Lipinski definition) is 1. The molecule has 25 heavy (non-hydrogen) atoms. The zero-order valence-electron chi connectivity index (χ0n) is 15.0. The summed E-state index contributed by atoms with van der Waals surface area (Å²) in [6.07, 6.45) is 10.8. The molecule has 0 spiro atoms. The second-order valence-electron chi connectivity index (χ2n) is 7.37. The zero-order chi connectivity index (χ0) is 17.9. The SMILES string of the molecule is CS(=O)(=O)N1CCCc2ccc(NC(=O)CCC3CCCCC3)cc21. The van der Waals surface area contributed by atoms with Gasteiger partial charge in [-0.05, 0) is 42.9 Å². The lowest BCUT2D eigenvalue weighted by atomic mass is 9.86. The van der Waals surface area contributed by atoms with Crippen LogP contribution in [0, 0.1) is 5.92 Å². The third kappa shape index (κ3) is 4.75. The van der Waals surface area contributed by atoms with Crippen LogP contribution in [-0.2, 0) is 21.2 Å². The lowest BCUT2D eigenvalue weighted by molar-refractivity contribution is -0.116. The smallest absolute Gasteiger partial charge is 0.232 e. The minimum Gasteiger partial charge on any atom is -0.326 e. The molecule has 3 rings (SSSR count). The summed E-state index contributed by atoms with van der Waals surface area (Å²) >= 11 is 0. The number of aryl methyl sites for hydroxylation is 1. The van der Waals surface area contributed by atoms with Gasteiger partial charge in [-0.15, -0.1) is 0 Å². The Kier molecular flexibility index (Phi) is 5.67. The van der Waals surface area contributed by atoms with E-state index >= 15 is 0 Å². The quantitative estimate of drug-likeness (QED) is 0.866. The average molecular weight is 365 g/mol. The highest BCUT2D eigenvalue weighted by atomic mass is 32.2. The second-order valence-corrected chi connectivity index (χ2v) is 9.28. The van der Waals surface area contributed by atoms with E-state index in [0.29, 0.717) is 30.3 Å². The molecular weight excluding hydrogens is 336 g/mol. The van der Waals surface area contributed by atoms with E-state index in [-0.39, 0.29) is 5.91 Å². The first kappa shape index (κ1) is 18.2. The highest BCUT2D eigenvalue weighted by molar-refractivity contribution is 7.92. The van der Waals surface area contributed by atoms with E-state index in [4.69, 9.17) is 0 Å². The Balaban J connectivity index is 1.64. The minimum absolute atomic E-state index is 0.0206. The maximum absolute atomic E-state index is 12.3. The topological polar surface area (TPSA) is 66.5 Å². The molecule has 2 aliphatic rings. The molecule has 0 unspecified atom stereocenters. The van der Waals surface area contributed by atoms with Crippen molar-refractivity contribution >= 4 is 27.3 Å². The molecule has 1 aromatic carbocycles. The van der Waals surface area contributed by atoms with Crippen molar-refractivity contribution in [2.45, 2.75) is 57.8 Å². The summed E-state index contributed by atoms with van der Waals surface area (Å²) in [5.41, 5.74) is 2.42. The van der Waals surface area contributed by atoms with E-state index in [2.05, 4.69) is 5.32 Å². The van der Waals surface area contributed by atoms with Crippen molar-refractivity contribution in [1.29, 1.82) is 0 Å². The van der Waals surface area contributed by atoms with Crippen LogP contribution in [0.4, 0.5) is 11.4 Å². The van der Waals surface area contributed by atoms with E-state index in [9.17, 15) is 13.2 Å². The summed E-state index contributed by atoms with van der Waals surface area (Å²) in [7, 11) is -3.29. The summed E-state index contributed by atoms with van der Waals surface area (Å²) < 4.78 is 25.4. The zero-order valence-corrected chi connectivity index (χ0v) is 15.8. The van der Waals surface area contributed by atoms with E-state index in [1.807, 2.05) is 12.1 Å². The summed E-state index contributed by atoms with van der Waals surface area (Å²) in [5, 5.41) is 2.94. The molecule has 1 fully saturated rings. The van der Waals surface area contributed by atoms with Crippen molar-refractivity contribution in [3.05, 3.63) is 23.8 Å². The summed E-state index contributed by atoms with van der Waals surface area (Å²) in [6.45, 7) is 0.505. The van der Waals surface area contributed by atoms with Crippen LogP contribution in [-0.4, -0.2) is 27.1 Å². The number of sulfonamides is 1. The van der Waals surface area contributed by atoms with E-state index in [1.54, 1.807) is 6.07 Å². The number of anilines is 2. The largest absolute Gasteiger partial charge is 0.326 e. The van der Waals surface area contributed by atoms with Gasteiger partial charge in [0.25, 0.3) is 0 Å². The number of carbonyl (C=O) groups is 1. The molecule has 0 saturated heterocycles. The lowest BCUT2D eigenvalue weighted by Crippen LogP contribution is -2.34. The Morgan fingerprint density at radius 3 is 2.68 bits per heavy atom. The number of hydrogen-bond acceptors (Lipinski definition) is 3. The van der Waals surface area contributed by atoms with Crippen LogP contribution in [0.2, 0.25) is 0 Å². The molecule has 0 atom stereocenters. The van der Waals surface area contributed by atoms with E-state index < -0.39 is 10.0 Å². The predicted octanol–water partition coefficient (Wildman–Crippen LogP) is 3.70. The number of rotatable bonds is 5. The number of nitrogens with one attached hydrogen (secondary N) is 1. The van der Waals surface area contributed by atoms with Gasteiger partial charge in [0.05, 0.1) is 11.9 Å². The number of carbonyl (C=O) groups excluding carboxylic acids is 1. The van der Waals surface area contributed by atoms with Crippen LogP contribution >= 0.6 is 0 Å². The normalized spacial score (nSPS) is 18.7. The standard InChI is InChI=1S/C19H28N2O3S/c1-25(23,24)21-13-5-8-16-10-11-17(14-18(16)21)20-19(22)12-9-15-6-3-2-4-7-15/h10-11,14-15H,2-9,12-13H2,1H3,(H,20,22).